The lowest BCUT2D eigenvalue weighted by molar-refractivity contribution is 0.415. The molecular weight excluding hydrogens is 318 g/mol. The lowest BCUT2D eigenvalue weighted by atomic mass is 10.1. The molecule has 0 aliphatic rings. The van der Waals surface area contributed by atoms with Gasteiger partial charge in [0.05, 0.1) is 18.8 Å². The molecule has 1 heterocycles. The van der Waals surface area contributed by atoms with Crippen molar-refractivity contribution in [3.8, 4) is 5.75 Å². The largest absolute Gasteiger partial charge is 0.495 e. The molecule has 0 fully saturated rings. The molecule has 1 atom stereocenters. The van der Waals surface area contributed by atoms with Gasteiger partial charge in [-0.15, -0.1) is 0 Å². The summed E-state index contributed by atoms with van der Waals surface area (Å²) in [5.41, 5.74) is 3.33. The van der Waals surface area contributed by atoms with Gasteiger partial charge in [0, 0.05) is 10.0 Å². The molecule has 0 aliphatic carbocycles. The van der Waals surface area contributed by atoms with E-state index in [1.54, 1.807) is 7.11 Å². The van der Waals surface area contributed by atoms with E-state index in [1.807, 2.05) is 19.9 Å². The number of methoxy groups -OCH3 is 1. The third kappa shape index (κ3) is 3.01. The van der Waals surface area contributed by atoms with Crippen LogP contribution >= 0.6 is 15.9 Å². The maximum atomic E-state index is 5.60. The molecule has 0 radical (unpaired) electrons. The molecule has 2 rings (SSSR count). The molecular formula is C16H20BrNO2. The summed E-state index contributed by atoms with van der Waals surface area (Å²) in [5, 5.41) is 3.52. The molecule has 1 aromatic heterocycles. The Morgan fingerprint density at radius 2 is 1.90 bits per heavy atom. The van der Waals surface area contributed by atoms with Gasteiger partial charge in [-0.2, -0.15) is 0 Å². The van der Waals surface area contributed by atoms with E-state index in [-0.39, 0.29) is 6.04 Å². The van der Waals surface area contributed by atoms with Gasteiger partial charge in [-0.05, 0) is 51.5 Å². The van der Waals surface area contributed by atoms with Crippen LogP contribution in [0.5, 0.6) is 5.75 Å². The van der Waals surface area contributed by atoms with E-state index in [0.29, 0.717) is 0 Å². The van der Waals surface area contributed by atoms with Gasteiger partial charge in [0.15, 0.2) is 0 Å². The van der Waals surface area contributed by atoms with Gasteiger partial charge in [-0.1, -0.05) is 15.9 Å². The van der Waals surface area contributed by atoms with Crippen LogP contribution in [0.15, 0.2) is 27.1 Å². The monoisotopic (exact) mass is 337 g/mol. The summed E-state index contributed by atoms with van der Waals surface area (Å²) in [7, 11) is 1.68. The Balaban J connectivity index is 2.32. The maximum Gasteiger partial charge on any atom is 0.143 e. The van der Waals surface area contributed by atoms with Crippen LogP contribution in [-0.2, 0) is 0 Å². The number of furan rings is 1. The number of rotatable bonds is 4. The van der Waals surface area contributed by atoms with Crippen molar-refractivity contribution < 1.29 is 9.15 Å². The van der Waals surface area contributed by atoms with Crippen molar-refractivity contribution in [2.45, 2.75) is 33.7 Å². The molecule has 0 saturated carbocycles. The van der Waals surface area contributed by atoms with Crippen molar-refractivity contribution in [1.82, 2.24) is 0 Å². The summed E-state index contributed by atoms with van der Waals surface area (Å²) in [6.45, 7) is 8.15. The Bertz CT molecular complexity index is 619. The molecule has 4 heteroatoms. The first-order valence-electron chi connectivity index (χ1n) is 6.60. The molecule has 20 heavy (non-hydrogen) atoms. The molecule has 1 aromatic carbocycles. The second-order valence-corrected chi connectivity index (χ2v) is 5.95. The number of anilines is 1. The zero-order valence-electron chi connectivity index (χ0n) is 12.5. The van der Waals surface area contributed by atoms with Crippen LogP contribution in [0.1, 0.15) is 35.6 Å². The number of ether oxygens (including phenoxy) is 1. The van der Waals surface area contributed by atoms with Crippen LogP contribution in [0.25, 0.3) is 0 Å². The van der Waals surface area contributed by atoms with Gasteiger partial charge in [-0.3, -0.25) is 0 Å². The highest BCUT2D eigenvalue weighted by Gasteiger charge is 2.16. The van der Waals surface area contributed by atoms with Gasteiger partial charge < -0.3 is 14.5 Å². The number of aryl methyl sites for hydroxylation is 3. The molecule has 0 aliphatic heterocycles. The van der Waals surface area contributed by atoms with Crippen molar-refractivity contribution in [3.63, 3.8) is 0 Å². The zero-order valence-corrected chi connectivity index (χ0v) is 14.1. The maximum absolute atomic E-state index is 5.60. The summed E-state index contributed by atoms with van der Waals surface area (Å²) in [5.74, 6) is 2.73. The van der Waals surface area contributed by atoms with E-state index >= 15 is 0 Å². The quantitative estimate of drug-likeness (QED) is 0.837. The van der Waals surface area contributed by atoms with Gasteiger partial charge in [0.2, 0.25) is 0 Å². The fourth-order valence-corrected chi connectivity index (χ4v) is 2.98. The number of hydrogen-bond acceptors (Lipinski definition) is 3. The number of hydrogen-bond donors (Lipinski definition) is 1. The lowest BCUT2D eigenvalue weighted by Crippen LogP contribution is -2.09. The molecule has 1 unspecified atom stereocenters. The van der Waals surface area contributed by atoms with Gasteiger partial charge in [0.1, 0.15) is 17.3 Å². The minimum absolute atomic E-state index is 0.154. The fourth-order valence-electron chi connectivity index (χ4n) is 2.43. The molecule has 108 valence electrons. The predicted octanol–water partition coefficient (Wildman–Crippen LogP) is 5.15. The van der Waals surface area contributed by atoms with Crippen molar-refractivity contribution in [1.29, 1.82) is 0 Å². The Kier molecular flexibility index (Phi) is 4.43. The first-order chi connectivity index (χ1) is 9.42. The third-order valence-corrected chi connectivity index (χ3v) is 3.85. The molecule has 0 spiro atoms. The van der Waals surface area contributed by atoms with Crippen LogP contribution in [0.4, 0.5) is 5.69 Å². The van der Waals surface area contributed by atoms with Gasteiger partial charge in [-0.25, -0.2) is 0 Å². The topological polar surface area (TPSA) is 34.4 Å². The molecule has 0 bridgehead atoms. The predicted molar refractivity (Wildman–Crippen MR) is 85.7 cm³/mol. The van der Waals surface area contributed by atoms with E-state index in [4.69, 9.17) is 9.15 Å². The van der Waals surface area contributed by atoms with Crippen molar-refractivity contribution in [2.24, 2.45) is 0 Å². The average Bonchev–Trinajstić information content (AvgIpc) is 2.71. The van der Waals surface area contributed by atoms with Gasteiger partial charge >= 0.3 is 0 Å². The zero-order chi connectivity index (χ0) is 14.9. The normalized spacial score (nSPS) is 12.3. The fraction of sp³-hybridized carbons (Fsp3) is 0.375. The molecule has 0 saturated heterocycles. The van der Waals surface area contributed by atoms with Crippen LogP contribution in [0.2, 0.25) is 0 Å². The molecule has 3 nitrogen and oxygen atoms in total. The molecule has 0 amide bonds. The molecule has 1 N–H and O–H groups in total. The Morgan fingerprint density at radius 3 is 2.45 bits per heavy atom. The number of nitrogens with one attached hydrogen (secondary N) is 1. The number of halogens is 1. The van der Waals surface area contributed by atoms with E-state index in [9.17, 15) is 0 Å². The summed E-state index contributed by atoms with van der Waals surface area (Å²) in [6, 6.07) is 6.27. The summed E-state index contributed by atoms with van der Waals surface area (Å²) < 4.78 is 12.1. The third-order valence-electron chi connectivity index (χ3n) is 3.39. The summed E-state index contributed by atoms with van der Waals surface area (Å²) >= 11 is 3.49. The molecule has 2 aromatic rings. The minimum atomic E-state index is 0.154. The van der Waals surface area contributed by atoms with E-state index < -0.39 is 0 Å². The smallest absolute Gasteiger partial charge is 0.143 e. The minimum Gasteiger partial charge on any atom is -0.495 e. The summed E-state index contributed by atoms with van der Waals surface area (Å²) in [4.78, 5) is 0. The van der Waals surface area contributed by atoms with E-state index in [0.717, 1.165) is 33.0 Å². The number of benzene rings is 1. The van der Waals surface area contributed by atoms with Crippen molar-refractivity contribution in [3.05, 3.63) is 45.3 Å². The average molecular weight is 338 g/mol. The van der Waals surface area contributed by atoms with E-state index in [1.165, 1.54) is 5.56 Å². The van der Waals surface area contributed by atoms with Crippen LogP contribution in [0, 0.1) is 20.8 Å². The Labute approximate surface area is 128 Å². The van der Waals surface area contributed by atoms with Gasteiger partial charge in [0.25, 0.3) is 0 Å². The van der Waals surface area contributed by atoms with Crippen LogP contribution in [0.3, 0.4) is 0 Å². The highest BCUT2D eigenvalue weighted by atomic mass is 79.9. The van der Waals surface area contributed by atoms with Crippen molar-refractivity contribution in [2.75, 3.05) is 12.4 Å². The van der Waals surface area contributed by atoms with E-state index in [2.05, 4.69) is 47.2 Å². The van der Waals surface area contributed by atoms with Crippen molar-refractivity contribution >= 4 is 21.6 Å². The van der Waals surface area contributed by atoms with Crippen LogP contribution < -0.4 is 10.1 Å². The second kappa shape index (κ2) is 5.92. The lowest BCUT2D eigenvalue weighted by Gasteiger charge is -2.19. The standard InChI is InChI=1S/C16H20BrNO2/c1-9-6-13(17)8-15(19-5)16(9)18-11(3)14-7-10(2)20-12(14)4/h6-8,11,18H,1-5H3. The van der Waals surface area contributed by atoms with Crippen LogP contribution in [-0.4, -0.2) is 7.11 Å². The first-order valence-corrected chi connectivity index (χ1v) is 7.39. The Hall–Kier alpha value is -1.42. The second-order valence-electron chi connectivity index (χ2n) is 5.03. The first kappa shape index (κ1) is 15.0. The highest BCUT2D eigenvalue weighted by molar-refractivity contribution is 9.10. The SMILES string of the molecule is COc1cc(Br)cc(C)c1NC(C)c1cc(C)oc1C. The Morgan fingerprint density at radius 1 is 1.20 bits per heavy atom. The highest BCUT2D eigenvalue weighted by Crippen LogP contribution is 2.35. The summed E-state index contributed by atoms with van der Waals surface area (Å²) in [6.07, 6.45) is 0.